The molecule has 0 saturated carbocycles. The Morgan fingerprint density at radius 1 is 0.871 bits per heavy atom. The number of carbonyl (C=O) groups excluding carboxylic acids is 1. The number of sulfonamides is 1. The summed E-state index contributed by atoms with van der Waals surface area (Å²) >= 11 is 0. The number of methoxy groups -OCH3 is 1. The number of nitrogens with one attached hydrogen (secondary N) is 3. The Morgan fingerprint density at radius 2 is 1.55 bits per heavy atom. The van der Waals surface area contributed by atoms with Crippen molar-refractivity contribution in [3.63, 3.8) is 0 Å². The van der Waals surface area contributed by atoms with Crippen LogP contribution >= 0.6 is 0 Å². The van der Waals surface area contributed by atoms with E-state index in [4.69, 9.17) is 4.74 Å². The van der Waals surface area contributed by atoms with Gasteiger partial charge in [-0.05, 0) is 55.0 Å². The monoisotopic (exact) mass is 439 g/mol. The molecule has 0 aromatic heterocycles. The number of para-hydroxylation sites is 3. The fourth-order valence-electron chi connectivity index (χ4n) is 2.90. The molecular formula is C23H25N3O4S. The molecule has 0 bridgehead atoms. The molecule has 0 aliphatic heterocycles. The zero-order chi connectivity index (χ0) is 22.1. The number of rotatable bonds is 10. The summed E-state index contributed by atoms with van der Waals surface area (Å²) in [7, 11) is -2.34. The van der Waals surface area contributed by atoms with Gasteiger partial charge in [-0.25, -0.2) is 8.42 Å². The molecule has 0 spiro atoms. The number of hydrogen-bond acceptors (Lipinski definition) is 5. The van der Waals surface area contributed by atoms with E-state index in [0.29, 0.717) is 23.5 Å². The Hall–Kier alpha value is -3.52. The summed E-state index contributed by atoms with van der Waals surface area (Å²) < 4.78 is 33.0. The lowest BCUT2D eigenvalue weighted by molar-refractivity contribution is 0.0953. The van der Waals surface area contributed by atoms with E-state index in [0.717, 1.165) is 18.7 Å². The molecule has 1 amide bonds. The molecule has 3 aromatic rings. The van der Waals surface area contributed by atoms with E-state index in [-0.39, 0.29) is 10.8 Å². The van der Waals surface area contributed by atoms with Crippen LogP contribution in [0.1, 0.15) is 16.8 Å². The SMILES string of the molecule is COc1ccccc1NS(=O)(=O)c1ccc(C(=O)NCCCNc2ccccc2)cc1. The van der Waals surface area contributed by atoms with E-state index < -0.39 is 10.0 Å². The Kier molecular flexibility index (Phi) is 7.50. The first kappa shape index (κ1) is 22.2. The summed E-state index contributed by atoms with van der Waals surface area (Å²) in [6.45, 7) is 1.24. The molecule has 0 fully saturated rings. The third-order valence-electron chi connectivity index (χ3n) is 4.52. The number of benzene rings is 3. The van der Waals surface area contributed by atoms with Gasteiger partial charge in [0.25, 0.3) is 15.9 Å². The van der Waals surface area contributed by atoms with Crippen LogP contribution in [0.15, 0.2) is 83.8 Å². The molecule has 8 heteroatoms. The summed E-state index contributed by atoms with van der Waals surface area (Å²) in [6, 6.07) is 22.4. The molecule has 0 atom stereocenters. The molecule has 0 saturated heterocycles. The molecule has 162 valence electrons. The second-order valence-corrected chi connectivity index (χ2v) is 8.41. The Balaban J connectivity index is 1.52. The van der Waals surface area contributed by atoms with Gasteiger partial charge in [0.1, 0.15) is 5.75 Å². The van der Waals surface area contributed by atoms with E-state index in [9.17, 15) is 13.2 Å². The molecule has 3 aromatic carbocycles. The minimum atomic E-state index is -3.81. The van der Waals surface area contributed by atoms with Gasteiger partial charge in [-0.15, -0.1) is 0 Å². The van der Waals surface area contributed by atoms with Crippen LogP contribution in [0.2, 0.25) is 0 Å². The Labute approximate surface area is 182 Å². The summed E-state index contributed by atoms with van der Waals surface area (Å²) in [6.07, 6.45) is 0.760. The van der Waals surface area contributed by atoms with E-state index in [2.05, 4.69) is 15.4 Å². The maximum Gasteiger partial charge on any atom is 0.262 e. The van der Waals surface area contributed by atoms with Gasteiger partial charge < -0.3 is 15.4 Å². The number of hydrogen-bond donors (Lipinski definition) is 3. The van der Waals surface area contributed by atoms with Crippen molar-refractivity contribution in [1.82, 2.24) is 5.32 Å². The van der Waals surface area contributed by atoms with Gasteiger partial charge in [-0.1, -0.05) is 30.3 Å². The van der Waals surface area contributed by atoms with Gasteiger partial charge in [-0.2, -0.15) is 0 Å². The highest BCUT2D eigenvalue weighted by molar-refractivity contribution is 7.92. The van der Waals surface area contributed by atoms with Gasteiger partial charge in [-0.3, -0.25) is 9.52 Å². The number of amides is 1. The van der Waals surface area contributed by atoms with Crippen LogP contribution in [0.3, 0.4) is 0 Å². The molecule has 0 heterocycles. The van der Waals surface area contributed by atoms with Crippen LogP contribution in [0.5, 0.6) is 5.75 Å². The standard InChI is InChI=1S/C23H25N3O4S/c1-30-22-11-6-5-10-21(22)26-31(28,29)20-14-12-18(13-15-20)23(27)25-17-7-16-24-19-8-3-2-4-9-19/h2-6,8-15,24,26H,7,16-17H2,1H3,(H,25,27). The molecule has 0 radical (unpaired) electrons. The first-order valence-electron chi connectivity index (χ1n) is 9.82. The van der Waals surface area contributed by atoms with Gasteiger partial charge in [0.05, 0.1) is 17.7 Å². The molecule has 0 aliphatic rings. The molecule has 0 unspecified atom stereocenters. The third kappa shape index (κ3) is 6.23. The maximum atomic E-state index is 12.6. The first-order chi connectivity index (χ1) is 15.0. The minimum absolute atomic E-state index is 0.0574. The second-order valence-electron chi connectivity index (χ2n) is 6.73. The van der Waals surface area contributed by atoms with Crippen molar-refractivity contribution in [2.75, 3.05) is 30.2 Å². The van der Waals surface area contributed by atoms with Gasteiger partial charge >= 0.3 is 0 Å². The predicted octanol–water partition coefficient (Wildman–Crippen LogP) is 3.73. The number of anilines is 2. The molecule has 31 heavy (non-hydrogen) atoms. The van der Waals surface area contributed by atoms with E-state index in [1.165, 1.54) is 31.4 Å². The summed E-state index contributed by atoms with van der Waals surface area (Å²) in [5.41, 5.74) is 1.77. The van der Waals surface area contributed by atoms with Gasteiger partial charge in [0.15, 0.2) is 0 Å². The quantitative estimate of drug-likeness (QED) is 0.418. The predicted molar refractivity (Wildman–Crippen MR) is 122 cm³/mol. The van der Waals surface area contributed by atoms with Gasteiger partial charge in [0.2, 0.25) is 0 Å². The Bertz CT molecular complexity index is 1100. The topological polar surface area (TPSA) is 96.5 Å². The molecular weight excluding hydrogens is 414 g/mol. The lowest BCUT2D eigenvalue weighted by atomic mass is 10.2. The lowest BCUT2D eigenvalue weighted by Gasteiger charge is -2.12. The summed E-state index contributed by atoms with van der Waals surface area (Å²) in [5, 5.41) is 6.11. The van der Waals surface area contributed by atoms with E-state index >= 15 is 0 Å². The van der Waals surface area contributed by atoms with E-state index in [1.807, 2.05) is 30.3 Å². The van der Waals surface area contributed by atoms with Crippen molar-refractivity contribution in [2.24, 2.45) is 0 Å². The van der Waals surface area contributed by atoms with Crippen molar-refractivity contribution in [2.45, 2.75) is 11.3 Å². The van der Waals surface area contributed by atoms with Crippen molar-refractivity contribution < 1.29 is 17.9 Å². The van der Waals surface area contributed by atoms with Crippen LogP contribution in [-0.2, 0) is 10.0 Å². The minimum Gasteiger partial charge on any atom is -0.495 e. The van der Waals surface area contributed by atoms with Crippen molar-refractivity contribution in [1.29, 1.82) is 0 Å². The number of carbonyl (C=O) groups is 1. The maximum absolute atomic E-state index is 12.6. The molecule has 3 N–H and O–H groups in total. The Morgan fingerprint density at radius 3 is 2.26 bits per heavy atom. The normalized spacial score (nSPS) is 10.9. The van der Waals surface area contributed by atoms with Crippen molar-refractivity contribution >= 4 is 27.3 Å². The van der Waals surface area contributed by atoms with E-state index in [1.54, 1.807) is 24.3 Å². The lowest BCUT2D eigenvalue weighted by Crippen LogP contribution is -2.25. The van der Waals surface area contributed by atoms with Crippen molar-refractivity contribution in [3.05, 3.63) is 84.4 Å². The average Bonchev–Trinajstić information content (AvgIpc) is 2.79. The number of ether oxygens (including phenoxy) is 1. The molecule has 3 rings (SSSR count). The smallest absolute Gasteiger partial charge is 0.262 e. The zero-order valence-corrected chi connectivity index (χ0v) is 18.0. The zero-order valence-electron chi connectivity index (χ0n) is 17.2. The highest BCUT2D eigenvalue weighted by atomic mass is 32.2. The van der Waals surface area contributed by atoms with Crippen molar-refractivity contribution in [3.8, 4) is 5.75 Å². The van der Waals surface area contributed by atoms with Gasteiger partial charge in [0, 0.05) is 24.3 Å². The fourth-order valence-corrected chi connectivity index (χ4v) is 3.97. The van der Waals surface area contributed by atoms with Crippen LogP contribution in [0.25, 0.3) is 0 Å². The average molecular weight is 440 g/mol. The van der Waals surface area contributed by atoms with Crippen LogP contribution in [-0.4, -0.2) is 34.5 Å². The first-order valence-corrected chi connectivity index (χ1v) is 11.3. The van der Waals surface area contributed by atoms with Crippen LogP contribution in [0, 0.1) is 0 Å². The summed E-state index contributed by atoms with van der Waals surface area (Å²) in [5.74, 6) is 0.171. The third-order valence-corrected chi connectivity index (χ3v) is 5.90. The fraction of sp³-hybridized carbons (Fsp3) is 0.174. The van der Waals surface area contributed by atoms with Crippen LogP contribution < -0.4 is 20.1 Å². The molecule has 0 aliphatic carbocycles. The molecule has 7 nitrogen and oxygen atoms in total. The highest BCUT2D eigenvalue weighted by Crippen LogP contribution is 2.26. The largest absolute Gasteiger partial charge is 0.495 e. The van der Waals surface area contributed by atoms with Crippen LogP contribution in [0.4, 0.5) is 11.4 Å². The summed E-state index contributed by atoms with van der Waals surface area (Å²) in [4.78, 5) is 12.4. The second kappa shape index (κ2) is 10.5. The highest BCUT2D eigenvalue weighted by Gasteiger charge is 2.17.